The third-order valence-corrected chi connectivity index (χ3v) is 3.76. The van der Waals surface area contributed by atoms with E-state index in [9.17, 15) is 9.18 Å². The van der Waals surface area contributed by atoms with Gasteiger partial charge in [-0.05, 0) is 30.3 Å². The molecule has 0 unspecified atom stereocenters. The first-order chi connectivity index (χ1) is 12.7. The number of nitrogens with zero attached hydrogens (tertiary/aromatic N) is 1. The molecule has 0 aliphatic heterocycles. The highest BCUT2D eigenvalue weighted by Crippen LogP contribution is 2.19. The van der Waals surface area contributed by atoms with Gasteiger partial charge in [-0.15, -0.1) is 0 Å². The Bertz CT molecular complexity index is 915. The van der Waals surface area contributed by atoms with E-state index >= 15 is 0 Å². The van der Waals surface area contributed by atoms with Crippen LogP contribution in [0.2, 0.25) is 0 Å². The quantitative estimate of drug-likeness (QED) is 0.702. The van der Waals surface area contributed by atoms with Gasteiger partial charge in [-0.2, -0.15) is 0 Å². The number of aromatic nitrogens is 1. The molecule has 1 heterocycles. The van der Waals surface area contributed by atoms with Crippen LogP contribution in [0.1, 0.15) is 15.9 Å². The van der Waals surface area contributed by atoms with E-state index in [1.807, 2.05) is 24.3 Å². The van der Waals surface area contributed by atoms with Gasteiger partial charge in [-0.3, -0.25) is 9.78 Å². The first kappa shape index (κ1) is 17.4. The lowest BCUT2D eigenvalue weighted by atomic mass is 10.2. The number of methoxy groups -OCH3 is 1. The molecule has 0 spiro atoms. The van der Waals surface area contributed by atoms with Crippen molar-refractivity contribution in [1.82, 2.24) is 4.98 Å². The van der Waals surface area contributed by atoms with E-state index in [-0.39, 0.29) is 5.91 Å². The normalized spacial score (nSPS) is 10.2. The third kappa shape index (κ3) is 4.36. The minimum absolute atomic E-state index is 0.357. The molecule has 1 aromatic heterocycles. The lowest BCUT2D eigenvalue weighted by Gasteiger charge is -2.11. The average Bonchev–Trinajstić information content (AvgIpc) is 2.67. The Labute approximate surface area is 150 Å². The third-order valence-electron chi connectivity index (χ3n) is 3.76. The van der Waals surface area contributed by atoms with Crippen LogP contribution in [0.15, 0.2) is 67.0 Å². The molecule has 2 N–H and O–H groups in total. The van der Waals surface area contributed by atoms with Gasteiger partial charge in [0.25, 0.3) is 5.91 Å². The van der Waals surface area contributed by atoms with Gasteiger partial charge < -0.3 is 15.4 Å². The zero-order chi connectivity index (χ0) is 18.4. The van der Waals surface area contributed by atoms with Crippen molar-refractivity contribution >= 4 is 17.3 Å². The van der Waals surface area contributed by atoms with Crippen LogP contribution in [0, 0.1) is 5.82 Å². The largest absolute Gasteiger partial charge is 0.496 e. The number of rotatable bonds is 6. The molecular weight excluding hydrogens is 333 g/mol. The SMILES string of the molecule is COc1ccccc1CNc1cncc(C(=O)Nc2cccc(F)c2)c1. The van der Waals surface area contributed by atoms with Crippen LogP contribution in [-0.4, -0.2) is 18.0 Å². The van der Waals surface area contributed by atoms with Gasteiger partial charge in [-0.25, -0.2) is 4.39 Å². The number of para-hydroxylation sites is 1. The van der Waals surface area contributed by atoms with Gasteiger partial charge in [0.15, 0.2) is 0 Å². The number of benzene rings is 2. The number of ether oxygens (including phenoxy) is 1. The minimum Gasteiger partial charge on any atom is -0.496 e. The van der Waals surface area contributed by atoms with Gasteiger partial charge in [0.05, 0.1) is 18.4 Å². The topological polar surface area (TPSA) is 63.2 Å². The van der Waals surface area contributed by atoms with Crippen molar-refractivity contribution in [2.24, 2.45) is 0 Å². The summed E-state index contributed by atoms with van der Waals surface area (Å²) in [6.45, 7) is 0.528. The van der Waals surface area contributed by atoms with Crippen molar-refractivity contribution in [3.63, 3.8) is 0 Å². The molecule has 0 aliphatic rings. The summed E-state index contributed by atoms with van der Waals surface area (Å²) < 4.78 is 18.5. The molecule has 0 saturated heterocycles. The molecule has 3 aromatic rings. The zero-order valence-corrected chi connectivity index (χ0v) is 14.2. The Morgan fingerprint density at radius 3 is 2.73 bits per heavy atom. The Morgan fingerprint density at radius 1 is 1.08 bits per heavy atom. The van der Waals surface area contributed by atoms with Crippen LogP contribution < -0.4 is 15.4 Å². The summed E-state index contributed by atoms with van der Waals surface area (Å²) in [5, 5.41) is 5.87. The monoisotopic (exact) mass is 351 g/mol. The van der Waals surface area contributed by atoms with E-state index < -0.39 is 5.82 Å². The maximum absolute atomic E-state index is 13.2. The van der Waals surface area contributed by atoms with Gasteiger partial charge in [0.1, 0.15) is 11.6 Å². The Balaban J connectivity index is 1.68. The number of amides is 1. The zero-order valence-electron chi connectivity index (χ0n) is 14.2. The molecule has 132 valence electrons. The van der Waals surface area contributed by atoms with Crippen molar-refractivity contribution in [2.45, 2.75) is 6.54 Å². The number of carbonyl (C=O) groups excluding carboxylic acids is 1. The van der Waals surface area contributed by atoms with E-state index in [0.29, 0.717) is 23.5 Å². The molecule has 0 aliphatic carbocycles. The van der Waals surface area contributed by atoms with Crippen LogP contribution in [-0.2, 0) is 6.54 Å². The molecule has 0 fully saturated rings. The van der Waals surface area contributed by atoms with Crippen LogP contribution in [0.4, 0.5) is 15.8 Å². The molecule has 5 nitrogen and oxygen atoms in total. The lowest BCUT2D eigenvalue weighted by molar-refractivity contribution is 0.102. The number of anilines is 2. The molecule has 26 heavy (non-hydrogen) atoms. The van der Waals surface area contributed by atoms with Crippen molar-refractivity contribution < 1.29 is 13.9 Å². The van der Waals surface area contributed by atoms with Gasteiger partial charge in [0.2, 0.25) is 0 Å². The predicted octanol–water partition coefficient (Wildman–Crippen LogP) is 4.09. The summed E-state index contributed by atoms with van der Waals surface area (Å²) in [5.74, 6) is 0.0187. The van der Waals surface area contributed by atoms with E-state index in [4.69, 9.17) is 4.74 Å². The summed E-state index contributed by atoms with van der Waals surface area (Å²) in [6.07, 6.45) is 3.09. The lowest BCUT2D eigenvalue weighted by Crippen LogP contribution is -2.13. The van der Waals surface area contributed by atoms with Crippen LogP contribution in [0.3, 0.4) is 0 Å². The van der Waals surface area contributed by atoms with Gasteiger partial charge in [-0.1, -0.05) is 24.3 Å². The second-order valence-corrected chi connectivity index (χ2v) is 5.59. The molecular formula is C20H18FN3O2. The number of carbonyl (C=O) groups is 1. The highest BCUT2D eigenvalue weighted by atomic mass is 19.1. The number of pyridine rings is 1. The standard InChI is InChI=1S/C20H18FN3O2/c1-26-19-8-3-2-5-14(19)12-23-18-9-15(11-22-13-18)20(25)24-17-7-4-6-16(21)10-17/h2-11,13,23H,12H2,1H3,(H,24,25). The fourth-order valence-electron chi connectivity index (χ4n) is 2.48. The van der Waals surface area contributed by atoms with E-state index in [0.717, 1.165) is 11.3 Å². The highest BCUT2D eigenvalue weighted by Gasteiger charge is 2.09. The summed E-state index contributed by atoms with van der Waals surface area (Å²) in [7, 11) is 1.62. The van der Waals surface area contributed by atoms with E-state index in [1.165, 1.54) is 24.4 Å². The smallest absolute Gasteiger partial charge is 0.257 e. The van der Waals surface area contributed by atoms with Crippen molar-refractivity contribution in [1.29, 1.82) is 0 Å². The summed E-state index contributed by atoms with van der Waals surface area (Å²) in [6, 6.07) is 15.1. The van der Waals surface area contributed by atoms with E-state index in [1.54, 1.807) is 25.4 Å². The second kappa shape index (κ2) is 8.11. The maximum atomic E-state index is 13.2. The van der Waals surface area contributed by atoms with Crippen molar-refractivity contribution in [3.05, 3.63) is 83.9 Å². The fraction of sp³-hybridized carbons (Fsp3) is 0.100. The summed E-state index contributed by atoms with van der Waals surface area (Å²) in [5.41, 5.74) is 2.45. The van der Waals surface area contributed by atoms with Crippen LogP contribution in [0.5, 0.6) is 5.75 Å². The first-order valence-corrected chi connectivity index (χ1v) is 8.03. The summed E-state index contributed by atoms with van der Waals surface area (Å²) >= 11 is 0. The number of nitrogens with one attached hydrogen (secondary N) is 2. The Hall–Kier alpha value is -3.41. The molecule has 0 bridgehead atoms. The minimum atomic E-state index is -0.409. The van der Waals surface area contributed by atoms with E-state index in [2.05, 4.69) is 15.6 Å². The average molecular weight is 351 g/mol. The summed E-state index contributed by atoms with van der Waals surface area (Å²) in [4.78, 5) is 16.4. The molecule has 2 aromatic carbocycles. The van der Waals surface area contributed by atoms with Crippen molar-refractivity contribution in [3.8, 4) is 5.75 Å². The highest BCUT2D eigenvalue weighted by molar-refractivity contribution is 6.04. The molecule has 6 heteroatoms. The second-order valence-electron chi connectivity index (χ2n) is 5.59. The first-order valence-electron chi connectivity index (χ1n) is 8.03. The van der Waals surface area contributed by atoms with Crippen LogP contribution >= 0.6 is 0 Å². The van der Waals surface area contributed by atoms with Crippen LogP contribution in [0.25, 0.3) is 0 Å². The Kier molecular flexibility index (Phi) is 5.43. The number of hydrogen-bond donors (Lipinski definition) is 2. The molecule has 0 saturated carbocycles. The number of halogens is 1. The molecule has 0 radical (unpaired) electrons. The molecule has 3 rings (SSSR count). The number of hydrogen-bond acceptors (Lipinski definition) is 4. The van der Waals surface area contributed by atoms with Gasteiger partial charge >= 0.3 is 0 Å². The fourth-order valence-corrected chi connectivity index (χ4v) is 2.48. The Morgan fingerprint density at radius 2 is 1.92 bits per heavy atom. The molecule has 1 amide bonds. The predicted molar refractivity (Wildman–Crippen MR) is 98.9 cm³/mol. The van der Waals surface area contributed by atoms with Gasteiger partial charge in [0, 0.05) is 30.2 Å². The van der Waals surface area contributed by atoms with Crippen molar-refractivity contribution in [2.75, 3.05) is 17.7 Å². The maximum Gasteiger partial charge on any atom is 0.257 e. The molecule has 0 atom stereocenters.